The van der Waals surface area contributed by atoms with Gasteiger partial charge in [0.15, 0.2) is 0 Å². The number of hydrogen-bond donors (Lipinski definition) is 1. The first-order chi connectivity index (χ1) is 8.52. The van der Waals surface area contributed by atoms with Crippen LogP contribution in [0.2, 0.25) is 0 Å². The van der Waals surface area contributed by atoms with E-state index in [1.165, 1.54) is 0 Å². The topological polar surface area (TPSA) is 20.2 Å². The summed E-state index contributed by atoms with van der Waals surface area (Å²) in [6.45, 7) is 4.27. The van der Waals surface area contributed by atoms with Crippen LogP contribution in [0.5, 0.6) is 0 Å². The van der Waals surface area contributed by atoms with E-state index in [1.54, 1.807) is 11.3 Å². The summed E-state index contributed by atoms with van der Waals surface area (Å²) in [6, 6.07) is 11.9. The van der Waals surface area contributed by atoms with Crippen molar-refractivity contribution in [2.45, 2.75) is 25.9 Å². The first-order valence-electron chi connectivity index (χ1n) is 6.05. The van der Waals surface area contributed by atoms with Gasteiger partial charge in [0.1, 0.15) is 5.60 Å². The molecule has 0 radical (unpaired) electrons. The molecule has 2 rings (SSSR count). The van der Waals surface area contributed by atoms with Crippen molar-refractivity contribution < 1.29 is 5.11 Å². The van der Waals surface area contributed by atoms with E-state index < -0.39 is 5.60 Å². The molecule has 1 nitrogen and oxygen atoms in total. The standard InChI is InChI=1S/C15H17BrOS/c1-11(2)10-15(17,14-4-3-9-18-14)12-5-7-13(16)8-6-12/h3-9,11,17H,10H2,1-2H3. The molecule has 0 aliphatic heterocycles. The van der Waals surface area contributed by atoms with Gasteiger partial charge in [0.05, 0.1) is 0 Å². The van der Waals surface area contributed by atoms with Gasteiger partial charge in [-0.2, -0.15) is 0 Å². The molecule has 1 aromatic carbocycles. The van der Waals surface area contributed by atoms with E-state index in [9.17, 15) is 5.11 Å². The average Bonchev–Trinajstić information content (AvgIpc) is 2.82. The fourth-order valence-corrected chi connectivity index (χ4v) is 3.31. The maximum atomic E-state index is 11.1. The molecule has 0 saturated heterocycles. The van der Waals surface area contributed by atoms with Crippen LogP contribution >= 0.6 is 27.3 Å². The Hall–Kier alpha value is -0.640. The van der Waals surface area contributed by atoms with E-state index in [4.69, 9.17) is 0 Å². The van der Waals surface area contributed by atoms with Gasteiger partial charge in [0, 0.05) is 9.35 Å². The highest BCUT2D eigenvalue weighted by atomic mass is 79.9. The molecule has 96 valence electrons. The van der Waals surface area contributed by atoms with Crippen molar-refractivity contribution in [3.05, 3.63) is 56.7 Å². The Morgan fingerprint density at radius 3 is 2.39 bits per heavy atom. The Kier molecular flexibility index (Phi) is 4.25. The summed E-state index contributed by atoms with van der Waals surface area (Å²) in [4.78, 5) is 1.01. The molecule has 1 unspecified atom stereocenters. The largest absolute Gasteiger partial charge is 0.380 e. The minimum Gasteiger partial charge on any atom is -0.380 e. The zero-order chi connectivity index (χ0) is 13.2. The Balaban J connectivity index is 2.45. The summed E-state index contributed by atoms with van der Waals surface area (Å²) < 4.78 is 1.03. The summed E-state index contributed by atoms with van der Waals surface area (Å²) in [6.07, 6.45) is 0.731. The second kappa shape index (κ2) is 5.55. The van der Waals surface area contributed by atoms with Crippen LogP contribution in [0.4, 0.5) is 0 Å². The maximum Gasteiger partial charge on any atom is 0.124 e. The predicted octanol–water partition coefficient (Wildman–Crippen LogP) is 4.79. The number of halogens is 1. The van der Waals surface area contributed by atoms with Gasteiger partial charge in [-0.15, -0.1) is 11.3 Å². The lowest BCUT2D eigenvalue weighted by Gasteiger charge is -2.29. The number of benzene rings is 1. The molecular weight excluding hydrogens is 308 g/mol. The van der Waals surface area contributed by atoms with Crippen molar-refractivity contribution in [3.8, 4) is 0 Å². The summed E-state index contributed by atoms with van der Waals surface area (Å²) in [5, 5.41) is 13.1. The van der Waals surface area contributed by atoms with Crippen LogP contribution in [0.3, 0.4) is 0 Å². The van der Waals surface area contributed by atoms with Gasteiger partial charge in [0.25, 0.3) is 0 Å². The van der Waals surface area contributed by atoms with Gasteiger partial charge in [0.2, 0.25) is 0 Å². The fraction of sp³-hybridized carbons (Fsp3) is 0.333. The molecule has 0 aliphatic carbocycles. The number of aliphatic hydroxyl groups is 1. The SMILES string of the molecule is CC(C)CC(O)(c1ccc(Br)cc1)c1cccs1. The molecule has 1 N–H and O–H groups in total. The van der Waals surface area contributed by atoms with E-state index in [0.717, 1.165) is 21.3 Å². The minimum atomic E-state index is -0.872. The second-order valence-electron chi connectivity index (χ2n) is 4.94. The fourth-order valence-electron chi connectivity index (χ4n) is 2.19. The lowest BCUT2D eigenvalue weighted by Crippen LogP contribution is -2.28. The van der Waals surface area contributed by atoms with Crippen molar-refractivity contribution in [1.29, 1.82) is 0 Å². The number of hydrogen-bond acceptors (Lipinski definition) is 2. The van der Waals surface area contributed by atoms with Crippen LogP contribution in [-0.4, -0.2) is 5.11 Å². The van der Waals surface area contributed by atoms with Gasteiger partial charge in [-0.25, -0.2) is 0 Å². The maximum absolute atomic E-state index is 11.1. The molecule has 0 fully saturated rings. The molecule has 0 saturated carbocycles. The lowest BCUT2D eigenvalue weighted by molar-refractivity contribution is 0.0611. The molecule has 0 spiro atoms. The van der Waals surface area contributed by atoms with Crippen molar-refractivity contribution >= 4 is 27.3 Å². The quantitative estimate of drug-likeness (QED) is 0.857. The van der Waals surface area contributed by atoms with Gasteiger partial charge >= 0.3 is 0 Å². The van der Waals surface area contributed by atoms with Crippen LogP contribution in [0.1, 0.15) is 30.7 Å². The monoisotopic (exact) mass is 324 g/mol. The molecule has 0 amide bonds. The van der Waals surface area contributed by atoms with Gasteiger partial charge in [-0.1, -0.05) is 48.0 Å². The van der Waals surface area contributed by atoms with Crippen LogP contribution in [0, 0.1) is 5.92 Å². The van der Waals surface area contributed by atoms with Crippen LogP contribution in [0.25, 0.3) is 0 Å². The first kappa shape index (κ1) is 13.8. The van der Waals surface area contributed by atoms with E-state index in [-0.39, 0.29) is 0 Å². The van der Waals surface area contributed by atoms with Crippen LogP contribution in [-0.2, 0) is 5.60 Å². The van der Waals surface area contributed by atoms with Crippen LogP contribution < -0.4 is 0 Å². The highest BCUT2D eigenvalue weighted by Crippen LogP contribution is 2.38. The summed E-state index contributed by atoms with van der Waals surface area (Å²) in [5.74, 6) is 0.431. The summed E-state index contributed by atoms with van der Waals surface area (Å²) in [7, 11) is 0. The predicted molar refractivity (Wildman–Crippen MR) is 80.9 cm³/mol. The van der Waals surface area contributed by atoms with Gasteiger partial charge < -0.3 is 5.11 Å². The zero-order valence-electron chi connectivity index (χ0n) is 10.6. The highest BCUT2D eigenvalue weighted by molar-refractivity contribution is 9.10. The molecule has 3 heteroatoms. The molecule has 0 bridgehead atoms. The lowest BCUT2D eigenvalue weighted by atomic mass is 9.84. The van der Waals surface area contributed by atoms with E-state index in [2.05, 4.69) is 29.8 Å². The summed E-state index contributed by atoms with van der Waals surface area (Å²) in [5.41, 5.74) is 0.0881. The van der Waals surface area contributed by atoms with Crippen LogP contribution in [0.15, 0.2) is 46.3 Å². The van der Waals surface area contributed by atoms with E-state index in [0.29, 0.717) is 5.92 Å². The molecule has 18 heavy (non-hydrogen) atoms. The first-order valence-corrected chi connectivity index (χ1v) is 7.72. The number of rotatable bonds is 4. The normalized spacial score (nSPS) is 14.7. The Labute approximate surface area is 121 Å². The van der Waals surface area contributed by atoms with Crippen molar-refractivity contribution in [1.82, 2.24) is 0 Å². The van der Waals surface area contributed by atoms with Crippen molar-refractivity contribution in [2.24, 2.45) is 5.92 Å². The third-order valence-corrected chi connectivity index (χ3v) is 4.50. The second-order valence-corrected chi connectivity index (χ2v) is 6.81. The molecule has 1 heterocycles. The van der Waals surface area contributed by atoms with E-state index in [1.807, 2.05) is 41.8 Å². The van der Waals surface area contributed by atoms with Gasteiger partial charge in [-0.05, 0) is 41.5 Å². The molecule has 1 aromatic heterocycles. The minimum absolute atomic E-state index is 0.431. The third-order valence-electron chi connectivity index (χ3n) is 2.95. The summed E-state index contributed by atoms with van der Waals surface area (Å²) >= 11 is 5.04. The van der Waals surface area contributed by atoms with Crippen molar-refractivity contribution in [3.63, 3.8) is 0 Å². The molecule has 1 atom stereocenters. The third kappa shape index (κ3) is 2.85. The highest BCUT2D eigenvalue weighted by Gasteiger charge is 2.33. The Bertz CT molecular complexity index is 490. The average molecular weight is 325 g/mol. The Morgan fingerprint density at radius 1 is 1.22 bits per heavy atom. The smallest absolute Gasteiger partial charge is 0.124 e. The zero-order valence-corrected chi connectivity index (χ0v) is 13.0. The van der Waals surface area contributed by atoms with E-state index >= 15 is 0 Å². The molecule has 0 aliphatic rings. The van der Waals surface area contributed by atoms with Gasteiger partial charge in [-0.3, -0.25) is 0 Å². The Morgan fingerprint density at radius 2 is 1.89 bits per heavy atom. The molecular formula is C15H17BrOS. The van der Waals surface area contributed by atoms with Crippen molar-refractivity contribution in [2.75, 3.05) is 0 Å². The molecule has 2 aromatic rings. The number of thiophene rings is 1.